The molecule has 1 aliphatic rings. The molecule has 506 valence electrons. The van der Waals surface area contributed by atoms with E-state index >= 15 is 0 Å². The van der Waals surface area contributed by atoms with Crippen LogP contribution in [0, 0.1) is 0 Å². The molecule has 12 amide bonds. The molecule has 0 saturated carbocycles. The lowest BCUT2D eigenvalue weighted by Gasteiger charge is -2.32. The summed E-state index contributed by atoms with van der Waals surface area (Å²) in [7, 11) is 1.89. The molecule has 1 saturated heterocycles. The fourth-order valence-corrected chi connectivity index (χ4v) is 10.5. The second-order valence-corrected chi connectivity index (χ2v) is 22.5. The Kier molecular flexibility index (Phi) is 38.5. The van der Waals surface area contributed by atoms with Crippen LogP contribution in [0.2, 0.25) is 0 Å². The third-order valence-electron chi connectivity index (χ3n) is 12.4. The highest BCUT2D eigenvalue weighted by Crippen LogP contribution is 2.24. The van der Waals surface area contributed by atoms with Crippen LogP contribution < -0.4 is 76.1 Å². The first-order valence-corrected chi connectivity index (χ1v) is 30.3. The van der Waals surface area contributed by atoms with Crippen LogP contribution in [0.25, 0.3) is 0 Å². The summed E-state index contributed by atoms with van der Waals surface area (Å²) in [6, 6.07) is -8.78. The third kappa shape index (κ3) is 37.1. The topological polar surface area (TPSA) is 621 Å². The number of urea groups is 1. The minimum absolute atomic E-state index is 0.00370. The molecular weight excluding hydrogens is 1240 g/mol. The van der Waals surface area contributed by atoms with Gasteiger partial charge in [0, 0.05) is 64.2 Å². The first-order chi connectivity index (χ1) is 42.4. The highest BCUT2D eigenvalue weighted by Gasteiger charge is 2.32. The van der Waals surface area contributed by atoms with E-state index in [9.17, 15) is 102 Å². The molecule has 0 aromatic rings. The van der Waals surface area contributed by atoms with Gasteiger partial charge in [0.25, 0.3) is 0 Å². The van der Waals surface area contributed by atoms with Crippen molar-refractivity contribution in [2.45, 2.75) is 101 Å². The Morgan fingerprint density at radius 3 is 1.68 bits per heavy atom. The maximum atomic E-state index is 13.7. The quantitative estimate of drug-likeness (QED) is 0.0117. The van der Waals surface area contributed by atoms with E-state index in [0.29, 0.717) is 0 Å². The lowest BCUT2D eigenvalue weighted by Crippen LogP contribution is -2.57. The van der Waals surface area contributed by atoms with Gasteiger partial charge in [-0.25, -0.2) is 4.79 Å². The molecule has 0 radical (unpaired) electrons. The maximum absolute atomic E-state index is 13.7. The van der Waals surface area contributed by atoms with Gasteiger partial charge in [-0.1, -0.05) is 21.6 Å². The second kappa shape index (κ2) is 43.8. The standard InChI is InChI=1S/C49H82N18O21S2/c1-27(68)60-32-26-90-89-25-31(64-45(84)29(8-6-12-54-48(52)53)62-37(72)20-59-43(82)30(17-34(50)69)63-46(32)85)44(83)58-18-35(70)57-19-36(71)61-28(42(51)81)7-2-4-10-55-49(88)56-11-5-3-9-33(47(86)87)67(15-13-65(21-38(73)74)22-39(75)76)16-14-66(23-40(77)78)24-41(79)80/h28-33H,2-26H2,1H3,(H2,50,69)(H2,51,81)(H,57,70)(H,58,83)(H,59,82)(H,60,68)(H,61,71)(H,62,72)(H,63,85)(H,64,84)(H,73,74)(H,75,76)(H,77,78)(H,79,80)(H,86,87)(H4,52,53,54)(H2,55,56,88)/t28-,29-,30-,31-,32-,33-/m0/s1. The molecule has 23 N–H and O–H groups in total. The number of carboxylic acids is 5. The van der Waals surface area contributed by atoms with Gasteiger partial charge in [0.05, 0.1) is 52.2 Å². The zero-order valence-corrected chi connectivity index (χ0v) is 51.0. The normalized spacial score (nSPS) is 17.3. The number of unbranched alkanes of at least 4 members (excludes halogenated alkanes) is 2. The Hall–Kier alpha value is -8.83. The summed E-state index contributed by atoms with van der Waals surface area (Å²) < 4.78 is 0. The van der Waals surface area contributed by atoms with Crippen LogP contribution in [0.5, 0.6) is 0 Å². The number of hydrogen-bond donors (Lipinski definition) is 19. The number of aliphatic carboxylic acids is 5. The van der Waals surface area contributed by atoms with Crippen LogP contribution in [0.4, 0.5) is 4.79 Å². The minimum Gasteiger partial charge on any atom is -0.480 e. The van der Waals surface area contributed by atoms with E-state index in [0.717, 1.165) is 38.3 Å². The number of carboxylic acid groups (broad SMARTS) is 5. The van der Waals surface area contributed by atoms with E-state index < -0.39 is 183 Å². The van der Waals surface area contributed by atoms with Gasteiger partial charge in [0.2, 0.25) is 59.1 Å². The highest BCUT2D eigenvalue weighted by molar-refractivity contribution is 8.76. The van der Waals surface area contributed by atoms with E-state index in [4.69, 9.17) is 22.9 Å². The summed E-state index contributed by atoms with van der Waals surface area (Å²) in [5.74, 6) is -16.4. The zero-order valence-electron chi connectivity index (χ0n) is 49.3. The van der Waals surface area contributed by atoms with Crippen molar-refractivity contribution in [3.05, 3.63) is 0 Å². The van der Waals surface area contributed by atoms with Crippen molar-refractivity contribution >= 4 is 122 Å². The predicted octanol–water partition coefficient (Wildman–Crippen LogP) is -9.07. The largest absolute Gasteiger partial charge is 0.480 e. The molecule has 1 aliphatic heterocycles. The maximum Gasteiger partial charge on any atom is 0.320 e. The van der Waals surface area contributed by atoms with Crippen LogP contribution >= 0.6 is 21.6 Å². The molecular formula is C49H82N18O21S2. The van der Waals surface area contributed by atoms with Crippen LogP contribution in [-0.4, -0.2) is 281 Å². The second-order valence-electron chi connectivity index (χ2n) is 20.0. The predicted molar refractivity (Wildman–Crippen MR) is 318 cm³/mol. The summed E-state index contributed by atoms with van der Waals surface area (Å²) in [5.41, 5.74) is 21.6. The number of amides is 12. The van der Waals surface area contributed by atoms with Crippen LogP contribution in [0.3, 0.4) is 0 Å². The van der Waals surface area contributed by atoms with E-state index in [2.05, 4.69) is 58.2 Å². The number of primary amides is 2. The molecule has 1 fully saturated rings. The summed E-state index contributed by atoms with van der Waals surface area (Å²) >= 11 is 0. The number of rotatable bonds is 40. The first-order valence-electron chi connectivity index (χ1n) is 27.8. The van der Waals surface area contributed by atoms with Gasteiger partial charge in [0.1, 0.15) is 36.3 Å². The van der Waals surface area contributed by atoms with Crippen LogP contribution in [0.15, 0.2) is 4.99 Å². The number of hydrogen-bond acceptors (Lipinski definition) is 22. The highest BCUT2D eigenvalue weighted by atomic mass is 33.1. The summed E-state index contributed by atoms with van der Waals surface area (Å²) in [6.07, 6.45) is 0.299. The summed E-state index contributed by atoms with van der Waals surface area (Å²) in [6.45, 7) is -4.50. The van der Waals surface area contributed by atoms with E-state index in [1.165, 1.54) is 4.90 Å². The first kappa shape index (κ1) is 79.2. The Morgan fingerprint density at radius 2 is 1.17 bits per heavy atom. The van der Waals surface area contributed by atoms with Crippen molar-refractivity contribution in [3.8, 4) is 0 Å². The fourth-order valence-electron chi connectivity index (χ4n) is 8.19. The monoisotopic (exact) mass is 1320 g/mol. The van der Waals surface area contributed by atoms with E-state index in [-0.39, 0.29) is 115 Å². The number of carbonyl (C=O) groups is 16. The van der Waals surface area contributed by atoms with Gasteiger partial charge in [-0.15, -0.1) is 0 Å². The molecule has 0 aromatic carbocycles. The average Bonchev–Trinajstić information content (AvgIpc) is 3.52. The molecule has 0 aliphatic carbocycles. The molecule has 0 aromatic heterocycles. The van der Waals surface area contributed by atoms with Crippen molar-refractivity contribution in [2.75, 3.05) is 103 Å². The Labute approximate surface area is 522 Å². The average molecular weight is 1320 g/mol. The molecule has 0 spiro atoms. The van der Waals surface area contributed by atoms with Gasteiger partial charge in [-0.3, -0.25) is 91.6 Å². The molecule has 6 atom stereocenters. The molecule has 90 heavy (non-hydrogen) atoms. The third-order valence-corrected chi connectivity index (χ3v) is 14.9. The lowest BCUT2D eigenvalue weighted by molar-refractivity contribution is -0.146. The summed E-state index contributed by atoms with van der Waals surface area (Å²) in [4.78, 5) is 206. The van der Waals surface area contributed by atoms with Crippen LogP contribution in [-0.2, 0) is 71.9 Å². The van der Waals surface area contributed by atoms with Gasteiger partial charge >= 0.3 is 35.9 Å². The van der Waals surface area contributed by atoms with Gasteiger partial charge in [0.15, 0.2) is 5.96 Å². The Morgan fingerprint density at radius 1 is 0.622 bits per heavy atom. The van der Waals surface area contributed by atoms with Gasteiger partial charge < -0.3 is 102 Å². The summed E-state index contributed by atoms with van der Waals surface area (Å²) in [5, 5.41) is 71.3. The number of nitrogens with two attached hydrogens (primary N) is 4. The number of aliphatic imine (C=N–C) groups is 1. The van der Waals surface area contributed by atoms with Crippen molar-refractivity contribution in [3.63, 3.8) is 0 Å². The SMILES string of the molecule is CC(=O)N[C@H]1CSSC[C@@H](C(=O)NCC(=O)NCC(=O)N[C@@H](CCCCNC(=O)NCCCC[C@@H](C(=O)O)N(CCN(CC(=O)O)CC(=O)O)CCN(CC(=O)O)CC(=O)O)C(N)=O)NC(=O)[C@H](CCCN=C(N)N)NC(=O)CNC(=O)[C@H](CC(N)=O)NC1=O. The molecule has 1 rings (SSSR count). The number of nitrogens with zero attached hydrogens (tertiary/aromatic N) is 4. The molecule has 0 unspecified atom stereocenters. The number of carbonyl (C=O) groups excluding carboxylic acids is 11. The Bertz CT molecular complexity index is 2480. The number of nitrogens with one attached hydrogen (secondary N) is 10. The molecule has 41 heteroatoms. The van der Waals surface area contributed by atoms with E-state index in [1.54, 1.807) is 0 Å². The minimum atomic E-state index is -1.57. The molecule has 0 bridgehead atoms. The number of guanidine groups is 1. The lowest BCUT2D eigenvalue weighted by atomic mass is 10.1. The van der Waals surface area contributed by atoms with Crippen molar-refractivity contribution in [1.82, 2.24) is 67.9 Å². The van der Waals surface area contributed by atoms with Crippen molar-refractivity contribution in [1.29, 1.82) is 0 Å². The van der Waals surface area contributed by atoms with Gasteiger partial charge in [-0.2, -0.15) is 0 Å². The van der Waals surface area contributed by atoms with E-state index in [1.807, 2.05) is 0 Å². The smallest absolute Gasteiger partial charge is 0.320 e. The fraction of sp³-hybridized carbons (Fsp3) is 0.653. The van der Waals surface area contributed by atoms with Crippen molar-refractivity contribution in [2.24, 2.45) is 27.9 Å². The van der Waals surface area contributed by atoms with Crippen molar-refractivity contribution < 1.29 is 102 Å². The molecule has 39 nitrogen and oxygen atoms in total. The zero-order chi connectivity index (χ0) is 67.9. The van der Waals surface area contributed by atoms with Gasteiger partial charge in [-0.05, 0) is 51.4 Å². The Balaban J connectivity index is 2.87. The molecule has 1 heterocycles. The van der Waals surface area contributed by atoms with Crippen LogP contribution in [0.1, 0.15) is 64.7 Å².